The van der Waals surface area contributed by atoms with E-state index in [0.717, 1.165) is 6.54 Å². The lowest BCUT2D eigenvalue weighted by atomic mass is 10.2. The lowest BCUT2D eigenvalue weighted by molar-refractivity contribution is 0.469. The number of hydrogen-bond donors (Lipinski definition) is 1. The van der Waals surface area contributed by atoms with E-state index in [1.807, 2.05) is 12.5 Å². The molecule has 0 spiro atoms. The lowest BCUT2D eigenvalue weighted by Crippen LogP contribution is -2.24. The van der Waals surface area contributed by atoms with E-state index >= 15 is 0 Å². The maximum Gasteiger partial charge on any atom is 0.0951 e. The van der Waals surface area contributed by atoms with Gasteiger partial charge in [0.2, 0.25) is 0 Å². The summed E-state index contributed by atoms with van der Waals surface area (Å²) in [6, 6.07) is 1.08. The van der Waals surface area contributed by atoms with E-state index in [4.69, 9.17) is 0 Å². The van der Waals surface area contributed by atoms with E-state index < -0.39 is 0 Å². The van der Waals surface area contributed by atoms with Gasteiger partial charge in [0, 0.05) is 24.8 Å². The highest BCUT2D eigenvalue weighted by molar-refractivity contribution is 4.99. The monoisotopic (exact) mass is 209 g/mol. The Morgan fingerprint density at radius 3 is 2.73 bits per heavy atom. The predicted molar refractivity (Wildman–Crippen MR) is 63.8 cm³/mol. The first-order chi connectivity index (χ1) is 7.15. The van der Waals surface area contributed by atoms with E-state index in [2.05, 4.69) is 42.6 Å². The van der Waals surface area contributed by atoms with Gasteiger partial charge in [0.25, 0.3) is 0 Å². The molecule has 0 saturated carbocycles. The van der Waals surface area contributed by atoms with Crippen LogP contribution in [0, 0.1) is 0 Å². The van der Waals surface area contributed by atoms with Crippen LogP contribution in [0.3, 0.4) is 0 Å². The van der Waals surface area contributed by atoms with Crippen LogP contribution in [0.4, 0.5) is 0 Å². The van der Waals surface area contributed by atoms with Crippen LogP contribution in [0.15, 0.2) is 12.5 Å². The Morgan fingerprint density at radius 2 is 2.13 bits per heavy atom. The van der Waals surface area contributed by atoms with Crippen molar-refractivity contribution in [1.29, 1.82) is 0 Å². The fourth-order valence-corrected chi connectivity index (χ4v) is 1.73. The largest absolute Gasteiger partial charge is 0.331 e. The van der Waals surface area contributed by atoms with Crippen molar-refractivity contribution in [2.45, 2.75) is 59.2 Å². The van der Waals surface area contributed by atoms with Gasteiger partial charge in [0.15, 0.2) is 0 Å². The molecule has 15 heavy (non-hydrogen) atoms. The third-order valence-electron chi connectivity index (χ3n) is 2.62. The van der Waals surface area contributed by atoms with Crippen molar-refractivity contribution < 1.29 is 0 Å². The van der Waals surface area contributed by atoms with Crippen LogP contribution in [0.1, 0.15) is 52.3 Å². The van der Waals surface area contributed by atoms with Crippen molar-refractivity contribution in [3.63, 3.8) is 0 Å². The molecular formula is C12H23N3. The average Bonchev–Trinajstić information content (AvgIpc) is 2.62. The molecule has 1 atom stereocenters. The molecule has 0 aliphatic heterocycles. The zero-order chi connectivity index (χ0) is 11.3. The summed E-state index contributed by atoms with van der Waals surface area (Å²) in [5, 5.41) is 3.42. The normalized spacial score (nSPS) is 13.4. The molecule has 86 valence electrons. The second-order valence-electron chi connectivity index (χ2n) is 4.47. The highest BCUT2D eigenvalue weighted by atomic mass is 15.1. The summed E-state index contributed by atoms with van der Waals surface area (Å²) in [6.45, 7) is 9.71. The molecule has 0 amide bonds. The second kappa shape index (κ2) is 5.91. The molecule has 1 rings (SSSR count). The van der Waals surface area contributed by atoms with E-state index in [-0.39, 0.29) is 0 Å². The van der Waals surface area contributed by atoms with Crippen molar-refractivity contribution in [3.8, 4) is 0 Å². The summed E-state index contributed by atoms with van der Waals surface area (Å²) >= 11 is 0. The summed E-state index contributed by atoms with van der Waals surface area (Å²) in [4.78, 5) is 4.23. The number of aromatic nitrogens is 2. The van der Waals surface area contributed by atoms with E-state index in [0.29, 0.717) is 12.1 Å². The molecule has 1 aromatic rings. The molecule has 0 aromatic carbocycles. The third-order valence-corrected chi connectivity index (χ3v) is 2.62. The van der Waals surface area contributed by atoms with Gasteiger partial charge in [0.1, 0.15) is 0 Å². The summed E-state index contributed by atoms with van der Waals surface area (Å²) in [7, 11) is 0. The Bertz CT molecular complexity index is 278. The zero-order valence-corrected chi connectivity index (χ0v) is 10.3. The molecule has 3 heteroatoms. The van der Waals surface area contributed by atoms with Gasteiger partial charge in [-0.05, 0) is 13.3 Å². The molecule has 0 saturated heterocycles. The van der Waals surface area contributed by atoms with Crippen LogP contribution in [0.2, 0.25) is 0 Å². The Labute approximate surface area is 92.9 Å². The fraction of sp³-hybridized carbons (Fsp3) is 0.750. The minimum atomic E-state index is 0.523. The van der Waals surface area contributed by atoms with Crippen molar-refractivity contribution in [2.24, 2.45) is 0 Å². The summed E-state index contributed by atoms with van der Waals surface area (Å²) in [5.74, 6) is 0. The van der Waals surface area contributed by atoms with Crippen LogP contribution in [-0.4, -0.2) is 15.6 Å². The quantitative estimate of drug-likeness (QED) is 0.780. The number of nitrogens with one attached hydrogen (secondary N) is 1. The second-order valence-corrected chi connectivity index (χ2v) is 4.47. The van der Waals surface area contributed by atoms with Crippen LogP contribution in [0.5, 0.6) is 0 Å². The molecule has 1 aromatic heterocycles. The minimum Gasteiger partial charge on any atom is -0.331 e. The molecule has 0 fully saturated rings. The average molecular weight is 209 g/mol. The Morgan fingerprint density at radius 1 is 1.40 bits per heavy atom. The van der Waals surface area contributed by atoms with Crippen LogP contribution in [-0.2, 0) is 6.54 Å². The fourth-order valence-electron chi connectivity index (χ4n) is 1.73. The Kier molecular flexibility index (Phi) is 4.82. The summed E-state index contributed by atoms with van der Waals surface area (Å²) in [5.41, 5.74) is 1.28. The van der Waals surface area contributed by atoms with Crippen molar-refractivity contribution >= 4 is 0 Å². The number of nitrogens with zero attached hydrogens (tertiary/aromatic N) is 2. The van der Waals surface area contributed by atoms with Gasteiger partial charge in [-0.3, -0.25) is 0 Å². The number of imidazole rings is 1. The van der Waals surface area contributed by atoms with Gasteiger partial charge in [-0.1, -0.05) is 27.2 Å². The van der Waals surface area contributed by atoms with Crippen LogP contribution in [0.25, 0.3) is 0 Å². The molecule has 0 bridgehead atoms. The molecule has 0 aliphatic rings. The highest BCUT2D eigenvalue weighted by Gasteiger charge is 2.08. The maximum atomic E-state index is 4.23. The van der Waals surface area contributed by atoms with Gasteiger partial charge < -0.3 is 9.88 Å². The molecule has 1 unspecified atom stereocenters. The molecule has 0 aliphatic carbocycles. The third kappa shape index (κ3) is 3.67. The van der Waals surface area contributed by atoms with E-state index in [1.54, 1.807) is 0 Å². The Hall–Kier alpha value is -0.830. The van der Waals surface area contributed by atoms with Crippen LogP contribution >= 0.6 is 0 Å². The SMILES string of the molecule is CCCC(C)n1cncc1CNC(C)C. The first-order valence-corrected chi connectivity index (χ1v) is 5.89. The summed E-state index contributed by atoms with van der Waals surface area (Å²) < 4.78 is 2.28. The van der Waals surface area contributed by atoms with Crippen LogP contribution < -0.4 is 5.32 Å². The molecule has 0 radical (unpaired) electrons. The molecule has 1 heterocycles. The van der Waals surface area contributed by atoms with E-state index in [1.165, 1.54) is 18.5 Å². The van der Waals surface area contributed by atoms with Gasteiger partial charge in [-0.2, -0.15) is 0 Å². The minimum absolute atomic E-state index is 0.523. The first-order valence-electron chi connectivity index (χ1n) is 5.89. The smallest absolute Gasteiger partial charge is 0.0951 e. The molecular weight excluding hydrogens is 186 g/mol. The van der Waals surface area contributed by atoms with Crippen molar-refractivity contribution in [1.82, 2.24) is 14.9 Å². The van der Waals surface area contributed by atoms with Gasteiger partial charge in [-0.25, -0.2) is 4.98 Å². The van der Waals surface area contributed by atoms with Gasteiger partial charge >= 0.3 is 0 Å². The lowest BCUT2D eigenvalue weighted by Gasteiger charge is -2.16. The van der Waals surface area contributed by atoms with Gasteiger partial charge in [-0.15, -0.1) is 0 Å². The Balaban J connectivity index is 2.60. The number of rotatable bonds is 6. The summed E-state index contributed by atoms with van der Waals surface area (Å²) in [6.07, 6.45) is 6.33. The van der Waals surface area contributed by atoms with Crippen molar-refractivity contribution in [2.75, 3.05) is 0 Å². The van der Waals surface area contributed by atoms with Gasteiger partial charge in [0.05, 0.1) is 12.0 Å². The van der Waals surface area contributed by atoms with Crippen molar-refractivity contribution in [3.05, 3.63) is 18.2 Å². The zero-order valence-electron chi connectivity index (χ0n) is 10.3. The maximum absolute atomic E-state index is 4.23. The number of hydrogen-bond acceptors (Lipinski definition) is 2. The first kappa shape index (κ1) is 12.2. The highest BCUT2D eigenvalue weighted by Crippen LogP contribution is 2.15. The topological polar surface area (TPSA) is 29.9 Å². The van der Waals surface area contributed by atoms with E-state index in [9.17, 15) is 0 Å². The predicted octanol–water partition coefficient (Wildman–Crippen LogP) is 2.74. The molecule has 3 nitrogen and oxygen atoms in total. The standard InChI is InChI=1S/C12H23N3/c1-5-6-11(4)15-9-13-7-12(15)8-14-10(2)3/h7,9-11,14H,5-6,8H2,1-4H3. The molecule has 1 N–H and O–H groups in total.